The third-order valence-electron chi connectivity index (χ3n) is 6.65. The smallest absolute Gasteiger partial charge is 0.192 e. The van der Waals surface area contributed by atoms with Crippen LogP contribution < -0.4 is 5.11 Å². The van der Waals surface area contributed by atoms with E-state index in [-0.39, 0.29) is 17.1 Å². The van der Waals surface area contributed by atoms with Gasteiger partial charge in [-0.15, -0.1) is 0 Å². The number of hydrogen-bond acceptors (Lipinski definition) is 3. The van der Waals surface area contributed by atoms with Gasteiger partial charge >= 0.3 is 0 Å². The van der Waals surface area contributed by atoms with E-state index in [9.17, 15) is 5.11 Å². The first kappa shape index (κ1) is 19.1. The number of piperidine rings is 2. The summed E-state index contributed by atoms with van der Waals surface area (Å²) in [6, 6.07) is 10.8. The molecule has 2 saturated heterocycles. The van der Waals surface area contributed by atoms with E-state index in [0.29, 0.717) is 6.04 Å². The number of hydrogen-bond donors (Lipinski definition) is 0. The Hall–Kier alpha value is -0.683. The number of nitrogens with zero attached hydrogens (tertiary/aromatic N) is 1. The lowest BCUT2D eigenvalue weighted by Crippen LogP contribution is -2.63. The van der Waals surface area contributed by atoms with Gasteiger partial charge in [-0.1, -0.05) is 63.8 Å². The van der Waals surface area contributed by atoms with Crippen molar-refractivity contribution in [2.75, 3.05) is 6.54 Å². The van der Waals surface area contributed by atoms with Crippen LogP contribution in [0.25, 0.3) is 0 Å². The molecule has 0 aromatic heterocycles. The minimum absolute atomic E-state index is 0.0464. The van der Waals surface area contributed by atoms with Crippen molar-refractivity contribution in [3.8, 4) is 0 Å². The normalized spacial score (nSPS) is 31.6. The molecule has 0 spiro atoms. The fourth-order valence-electron chi connectivity index (χ4n) is 4.15. The Balaban J connectivity index is 1.91. The van der Waals surface area contributed by atoms with Gasteiger partial charge < -0.3 is 14.4 Å². The minimum atomic E-state index is -1.91. The van der Waals surface area contributed by atoms with Crippen LogP contribution in [0.2, 0.25) is 18.1 Å². The van der Waals surface area contributed by atoms with Crippen LogP contribution in [0.1, 0.15) is 57.9 Å². The molecular weight excluding hydrogens is 326 g/mol. The maximum absolute atomic E-state index is 13.5. The van der Waals surface area contributed by atoms with E-state index in [1.54, 1.807) is 0 Å². The Bertz CT molecular complexity index is 569. The SMILES string of the molecule is CC(C)(C)[Si](C)(C)OC1C[C@@H]2CCCCN2C([O-])C1c1ccccc1. The van der Waals surface area contributed by atoms with Crippen molar-refractivity contribution in [3.05, 3.63) is 35.9 Å². The molecule has 0 amide bonds. The number of benzene rings is 1. The molecule has 0 saturated carbocycles. The van der Waals surface area contributed by atoms with Crippen LogP contribution >= 0.6 is 0 Å². The number of rotatable bonds is 3. The van der Waals surface area contributed by atoms with Gasteiger partial charge in [-0.25, -0.2) is 0 Å². The Morgan fingerprint density at radius 2 is 1.80 bits per heavy atom. The second-order valence-corrected chi connectivity index (χ2v) is 14.1. The van der Waals surface area contributed by atoms with Crippen LogP contribution in [0, 0.1) is 0 Å². The van der Waals surface area contributed by atoms with E-state index in [2.05, 4.69) is 50.9 Å². The molecule has 2 aliphatic rings. The van der Waals surface area contributed by atoms with Gasteiger partial charge in [-0.2, -0.15) is 0 Å². The molecule has 2 heterocycles. The second kappa shape index (κ2) is 7.14. The van der Waals surface area contributed by atoms with Crippen LogP contribution in [0.5, 0.6) is 0 Å². The average molecular weight is 361 g/mol. The lowest BCUT2D eigenvalue weighted by Gasteiger charge is -2.57. The summed E-state index contributed by atoms with van der Waals surface area (Å²) in [5, 5.41) is 13.6. The summed E-state index contributed by atoms with van der Waals surface area (Å²) in [5.41, 5.74) is 1.15. The molecule has 4 atom stereocenters. The molecule has 140 valence electrons. The number of fused-ring (bicyclic) bond motifs is 1. The summed E-state index contributed by atoms with van der Waals surface area (Å²) in [5.74, 6) is -0.0651. The summed E-state index contributed by atoms with van der Waals surface area (Å²) in [6.45, 7) is 12.4. The van der Waals surface area contributed by atoms with Crippen molar-refractivity contribution in [2.45, 2.75) is 88.9 Å². The molecule has 1 aromatic rings. The minimum Gasteiger partial charge on any atom is -0.840 e. The molecule has 3 unspecified atom stereocenters. The highest BCUT2D eigenvalue weighted by Gasteiger charge is 2.45. The van der Waals surface area contributed by atoms with Crippen LogP contribution in [-0.2, 0) is 4.43 Å². The predicted octanol–water partition coefficient (Wildman–Crippen LogP) is 4.11. The van der Waals surface area contributed by atoms with Gasteiger partial charge in [0.25, 0.3) is 0 Å². The Morgan fingerprint density at radius 3 is 2.44 bits per heavy atom. The molecule has 2 aliphatic heterocycles. The first-order valence-corrected chi connectivity index (χ1v) is 12.8. The first-order chi connectivity index (χ1) is 11.7. The van der Waals surface area contributed by atoms with Crippen molar-refractivity contribution >= 4 is 8.32 Å². The second-order valence-electron chi connectivity index (χ2n) is 9.37. The maximum atomic E-state index is 13.5. The predicted molar refractivity (Wildman–Crippen MR) is 104 cm³/mol. The average Bonchev–Trinajstić information content (AvgIpc) is 2.54. The molecular formula is C21H34NO2Si-. The van der Waals surface area contributed by atoms with Crippen molar-refractivity contribution < 1.29 is 9.53 Å². The van der Waals surface area contributed by atoms with Crippen LogP contribution in [0.3, 0.4) is 0 Å². The molecule has 2 fully saturated rings. The Labute approximate surface area is 154 Å². The lowest BCUT2D eigenvalue weighted by atomic mass is 9.80. The van der Waals surface area contributed by atoms with Crippen molar-refractivity contribution in [2.24, 2.45) is 0 Å². The van der Waals surface area contributed by atoms with Crippen molar-refractivity contribution in [1.29, 1.82) is 0 Å². The standard InChI is InChI=1S/C21H34NO2Si/c1-21(2,3)25(4,5)24-18-15-17-13-9-10-14-22(17)20(23)19(18)16-11-7-6-8-12-16/h6-8,11-12,17-20H,9-10,13-15H2,1-5H3/q-1/t17-,18?,19?,20?/m0/s1. The highest BCUT2D eigenvalue weighted by molar-refractivity contribution is 6.74. The Kier molecular flexibility index (Phi) is 5.46. The van der Waals surface area contributed by atoms with Crippen molar-refractivity contribution in [3.63, 3.8) is 0 Å². The highest BCUT2D eigenvalue weighted by Crippen LogP contribution is 2.44. The maximum Gasteiger partial charge on any atom is 0.192 e. The summed E-state index contributed by atoms with van der Waals surface area (Å²) in [7, 11) is -1.91. The zero-order chi connectivity index (χ0) is 18.2. The molecule has 25 heavy (non-hydrogen) atoms. The van der Waals surface area contributed by atoms with E-state index in [0.717, 1.165) is 31.4 Å². The third kappa shape index (κ3) is 3.87. The molecule has 0 radical (unpaired) electrons. The molecule has 1 aromatic carbocycles. The fourth-order valence-corrected chi connectivity index (χ4v) is 5.50. The van der Waals surface area contributed by atoms with Crippen LogP contribution in [0.15, 0.2) is 30.3 Å². The van der Waals surface area contributed by atoms with Crippen LogP contribution in [-0.4, -0.2) is 38.1 Å². The van der Waals surface area contributed by atoms with E-state index < -0.39 is 14.5 Å². The van der Waals surface area contributed by atoms with Gasteiger partial charge in [-0.05, 0) is 49.5 Å². The molecule has 4 heteroatoms. The van der Waals surface area contributed by atoms with E-state index >= 15 is 0 Å². The Morgan fingerprint density at radius 1 is 1.12 bits per heavy atom. The molecule has 0 bridgehead atoms. The zero-order valence-corrected chi connectivity index (χ0v) is 17.5. The zero-order valence-electron chi connectivity index (χ0n) is 16.5. The quantitative estimate of drug-likeness (QED) is 0.761. The van der Waals surface area contributed by atoms with E-state index in [1.807, 2.05) is 18.2 Å². The van der Waals surface area contributed by atoms with E-state index in [1.165, 1.54) is 6.42 Å². The summed E-state index contributed by atoms with van der Waals surface area (Å²) < 4.78 is 6.84. The molecule has 0 aliphatic carbocycles. The molecule has 0 N–H and O–H groups in total. The summed E-state index contributed by atoms with van der Waals surface area (Å²) in [4.78, 5) is 2.23. The summed E-state index contributed by atoms with van der Waals surface area (Å²) >= 11 is 0. The third-order valence-corrected chi connectivity index (χ3v) is 11.2. The van der Waals surface area contributed by atoms with Gasteiger partial charge in [0, 0.05) is 12.0 Å². The molecule has 3 rings (SSSR count). The topological polar surface area (TPSA) is 35.5 Å². The lowest BCUT2D eigenvalue weighted by molar-refractivity contribution is -0.478. The molecule has 3 nitrogen and oxygen atoms in total. The van der Waals surface area contributed by atoms with Gasteiger partial charge in [0.05, 0.1) is 6.10 Å². The summed E-state index contributed by atoms with van der Waals surface area (Å²) in [6.07, 6.45) is 3.92. The highest BCUT2D eigenvalue weighted by atomic mass is 28.4. The monoisotopic (exact) mass is 360 g/mol. The van der Waals surface area contributed by atoms with Gasteiger partial charge in [0.15, 0.2) is 8.32 Å². The van der Waals surface area contributed by atoms with Gasteiger partial charge in [-0.3, -0.25) is 0 Å². The van der Waals surface area contributed by atoms with E-state index in [4.69, 9.17) is 4.43 Å². The van der Waals surface area contributed by atoms with Crippen LogP contribution in [0.4, 0.5) is 0 Å². The van der Waals surface area contributed by atoms with Gasteiger partial charge in [0.1, 0.15) is 0 Å². The largest absolute Gasteiger partial charge is 0.840 e. The van der Waals surface area contributed by atoms with Gasteiger partial charge in [0.2, 0.25) is 0 Å². The first-order valence-electron chi connectivity index (χ1n) is 9.85. The fraction of sp³-hybridized carbons (Fsp3) is 0.714. The van der Waals surface area contributed by atoms with Crippen molar-refractivity contribution in [1.82, 2.24) is 4.90 Å².